The predicted molar refractivity (Wildman–Crippen MR) is 123 cm³/mol. The second-order valence-corrected chi connectivity index (χ2v) is 9.63. The van der Waals surface area contributed by atoms with Crippen molar-refractivity contribution in [1.82, 2.24) is 9.65 Å². The quantitative estimate of drug-likeness (QED) is 0.295. The smallest absolute Gasteiger partial charge is 0.349 e. The second-order valence-electron chi connectivity index (χ2n) is 6.89. The molecule has 1 atom stereocenters. The number of aromatic hydroxyl groups is 1. The van der Waals surface area contributed by atoms with Crippen molar-refractivity contribution >= 4 is 46.2 Å². The summed E-state index contributed by atoms with van der Waals surface area (Å²) in [5, 5.41) is 12.9. The lowest BCUT2D eigenvalue weighted by atomic mass is 10.1. The number of para-hydroxylation sites is 1. The van der Waals surface area contributed by atoms with Gasteiger partial charge < -0.3 is 9.63 Å². The van der Waals surface area contributed by atoms with Crippen LogP contribution < -0.4 is 9.83 Å². The summed E-state index contributed by atoms with van der Waals surface area (Å²) in [6.45, 7) is 4.94. The number of hydrogen-bond acceptors (Lipinski definition) is 4. The van der Waals surface area contributed by atoms with Crippen LogP contribution in [-0.2, 0) is 4.57 Å². The Morgan fingerprint density at radius 1 is 1.03 bits per heavy atom. The van der Waals surface area contributed by atoms with Crippen LogP contribution in [0.1, 0.15) is 13.8 Å². The fourth-order valence-electron chi connectivity index (χ4n) is 3.55. The number of benzene rings is 3. The third-order valence-corrected chi connectivity index (χ3v) is 8.01. The Kier molecular flexibility index (Phi) is 5.70. The largest absolute Gasteiger partial charge is 0.507 e. The number of fused-ring (bicyclic) bond motifs is 2. The van der Waals surface area contributed by atoms with Crippen molar-refractivity contribution in [2.75, 3.05) is 13.1 Å². The van der Waals surface area contributed by atoms with Crippen LogP contribution >= 0.6 is 19.1 Å². The van der Waals surface area contributed by atoms with Crippen molar-refractivity contribution in [2.24, 2.45) is 0 Å². The van der Waals surface area contributed by atoms with Gasteiger partial charge in [0, 0.05) is 28.9 Å². The van der Waals surface area contributed by atoms with Crippen LogP contribution in [0.4, 0.5) is 0 Å². The molecule has 154 valence electrons. The topological polar surface area (TPSA) is 62.7 Å². The molecule has 0 spiro atoms. The Hall–Kier alpha value is -2.59. The third kappa shape index (κ3) is 3.65. The van der Waals surface area contributed by atoms with Crippen molar-refractivity contribution in [3.05, 3.63) is 71.8 Å². The maximum absolute atomic E-state index is 14.2. The summed E-state index contributed by atoms with van der Waals surface area (Å²) in [5.41, 5.74) is 1.23. The number of rotatable bonds is 6. The lowest BCUT2D eigenvalue weighted by Crippen LogP contribution is -2.29. The van der Waals surface area contributed by atoms with Crippen molar-refractivity contribution in [3.8, 4) is 11.5 Å². The molecule has 4 rings (SSSR count). The van der Waals surface area contributed by atoms with Gasteiger partial charge in [-0.2, -0.15) is 0 Å². The van der Waals surface area contributed by atoms with Crippen LogP contribution in [0.25, 0.3) is 21.8 Å². The minimum absolute atomic E-state index is 0.0935. The molecule has 7 heteroatoms. The van der Waals surface area contributed by atoms with Gasteiger partial charge >= 0.3 is 7.52 Å². The minimum Gasteiger partial charge on any atom is -0.507 e. The molecule has 4 aromatic rings. The summed E-state index contributed by atoms with van der Waals surface area (Å²) in [6.07, 6.45) is 0. The van der Waals surface area contributed by atoms with Crippen molar-refractivity contribution in [2.45, 2.75) is 13.8 Å². The van der Waals surface area contributed by atoms with Crippen LogP contribution in [0.3, 0.4) is 0 Å². The highest BCUT2D eigenvalue weighted by Crippen LogP contribution is 2.51. The van der Waals surface area contributed by atoms with Crippen LogP contribution in [0.15, 0.2) is 66.7 Å². The number of pyridine rings is 1. The third-order valence-electron chi connectivity index (χ3n) is 5.08. The van der Waals surface area contributed by atoms with Gasteiger partial charge in [0.25, 0.3) is 0 Å². The molecule has 0 aliphatic rings. The molecule has 30 heavy (non-hydrogen) atoms. The highest BCUT2D eigenvalue weighted by molar-refractivity contribution is 7.65. The van der Waals surface area contributed by atoms with Crippen molar-refractivity contribution < 1.29 is 14.2 Å². The van der Waals surface area contributed by atoms with E-state index < -0.39 is 7.52 Å². The molecule has 3 aromatic carbocycles. The van der Waals surface area contributed by atoms with Gasteiger partial charge in [-0.05, 0) is 42.5 Å². The minimum atomic E-state index is -3.48. The van der Waals surface area contributed by atoms with E-state index in [-0.39, 0.29) is 5.75 Å². The Morgan fingerprint density at radius 2 is 1.80 bits per heavy atom. The molecule has 1 aromatic heterocycles. The first kappa shape index (κ1) is 20.7. The average Bonchev–Trinajstić information content (AvgIpc) is 2.75. The molecule has 1 heterocycles. The monoisotopic (exact) mass is 440 g/mol. The first-order valence-corrected chi connectivity index (χ1v) is 11.7. The van der Waals surface area contributed by atoms with Gasteiger partial charge in [-0.1, -0.05) is 49.7 Å². The number of phenols is 1. The Bertz CT molecular complexity index is 1270. The fraction of sp³-hybridized carbons (Fsp3) is 0.174. The summed E-state index contributed by atoms with van der Waals surface area (Å²) in [5.74, 6) is 0.444. The molecule has 0 saturated heterocycles. The lowest BCUT2D eigenvalue weighted by molar-refractivity contribution is 0.382. The zero-order valence-corrected chi connectivity index (χ0v) is 18.4. The molecule has 5 nitrogen and oxygen atoms in total. The maximum Gasteiger partial charge on any atom is 0.349 e. The summed E-state index contributed by atoms with van der Waals surface area (Å²) in [4.78, 5) is 4.69. The number of aromatic nitrogens is 1. The highest BCUT2D eigenvalue weighted by Gasteiger charge is 2.35. The Balaban J connectivity index is 1.92. The molecular weight excluding hydrogens is 419 g/mol. The SMILES string of the molecule is CCN(CC)P(=O)(Oc1ccc(O)c2cc3ccccc3nc12)c1cccc(Cl)c1. The normalized spacial score (nSPS) is 13.6. The summed E-state index contributed by atoms with van der Waals surface area (Å²) >= 11 is 6.19. The van der Waals surface area contributed by atoms with E-state index >= 15 is 0 Å². The van der Waals surface area contributed by atoms with E-state index in [1.54, 1.807) is 41.1 Å². The fourth-order valence-corrected chi connectivity index (χ4v) is 6.10. The van der Waals surface area contributed by atoms with E-state index in [0.717, 1.165) is 10.9 Å². The number of hydrogen-bond donors (Lipinski definition) is 1. The number of halogens is 1. The predicted octanol–water partition coefficient (Wildman–Crippen LogP) is 5.99. The molecule has 0 bridgehead atoms. The Labute approximate surface area is 180 Å². The standard InChI is InChI=1S/C23H22ClN2O3P/c1-3-26(4-2)30(28,18-10-7-9-17(24)15-18)29-22-13-12-21(27)19-14-16-8-5-6-11-20(16)25-23(19)22/h5-15,27H,3-4H2,1-2H3. The van der Waals surface area contributed by atoms with Gasteiger partial charge in [0.1, 0.15) is 11.3 Å². The van der Waals surface area contributed by atoms with E-state index in [9.17, 15) is 9.67 Å². The summed E-state index contributed by atoms with van der Waals surface area (Å²) in [7, 11) is -3.48. The number of phenolic OH excluding ortho intramolecular Hbond substituents is 1. The first-order valence-electron chi connectivity index (χ1n) is 9.79. The number of nitrogens with zero attached hydrogens (tertiary/aromatic N) is 2. The molecule has 0 fully saturated rings. The van der Waals surface area contributed by atoms with Gasteiger partial charge in [-0.15, -0.1) is 0 Å². The molecular formula is C23H22ClN2O3P. The second kappa shape index (κ2) is 8.27. The van der Waals surface area contributed by atoms with Gasteiger partial charge in [-0.3, -0.25) is 4.57 Å². The first-order chi connectivity index (χ1) is 14.5. The van der Waals surface area contributed by atoms with Crippen LogP contribution in [0.5, 0.6) is 11.5 Å². The summed E-state index contributed by atoms with van der Waals surface area (Å²) < 4.78 is 22.3. The molecule has 1 unspecified atom stereocenters. The molecule has 0 aliphatic carbocycles. The van der Waals surface area contributed by atoms with Gasteiger partial charge in [0.2, 0.25) is 0 Å². The Morgan fingerprint density at radius 3 is 2.53 bits per heavy atom. The van der Waals surface area contributed by atoms with Crippen molar-refractivity contribution in [3.63, 3.8) is 0 Å². The molecule has 0 radical (unpaired) electrons. The maximum atomic E-state index is 14.2. The zero-order valence-electron chi connectivity index (χ0n) is 16.7. The molecule has 0 aliphatic heterocycles. The van der Waals surface area contributed by atoms with Crippen LogP contribution in [0.2, 0.25) is 5.02 Å². The summed E-state index contributed by atoms with van der Waals surface area (Å²) in [6, 6.07) is 19.6. The van der Waals surface area contributed by atoms with Gasteiger partial charge in [0.15, 0.2) is 5.75 Å². The van der Waals surface area contributed by atoms with E-state index in [2.05, 4.69) is 0 Å². The molecule has 0 saturated carbocycles. The molecule has 0 amide bonds. The zero-order chi connectivity index (χ0) is 21.3. The van der Waals surface area contributed by atoms with E-state index in [1.807, 2.05) is 44.2 Å². The van der Waals surface area contributed by atoms with Gasteiger partial charge in [0.05, 0.1) is 10.8 Å². The lowest BCUT2D eigenvalue weighted by Gasteiger charge is -2.30. The van der Waals surface area contributed by atoms with E-state index in [1.165, 1.54) is 0 Å². The van der Waals surface area contributed by atoms with Crippen LogP contribution in [0, 0.1) is 0 Å². The average molecular weight is 441 g/mol. The van der Waals surface area contributed by atoms with Gasteiger partial charge in [-0.25, -0.2) is 9.65 Å². The molecule has 1 N–H and O–H groups in total. The van der Waals surface area contributed by atoms with Crippen LogP contribution in [-0.4, -0.2) is 27.9 Å². The van der Waals surface area contributed by atoms with Crippen molar-refractivity contribution in [1.29, 1.82) is 0 Å². The van der Waals surface area contributed by atoms with E-state index in [4.69, 9.17) is 21.1 Å². The highest BCUT2D eigenvalue weighted by atomic mass is 35.5. The van der Waals surface area contributed by atoms with E-state index in [0.29, 0.717) is 40.1 Å².